The highest BCUT2D eigenvalue weighted by Crippen LogP contribution is 2.33. The molecule has 1 aromatic rings. The van der Waals surface area contributed by atoms with Gasteiger partial charge in [0, 0.05) is 18.3 Å². The second kappa shape index (κ2) is 11.1. The van der Waals surface area contributed by atoms with Crippen LogP contribution >= 0.6 is 11.6 Å². The first kappa shape index (κ1) is 24.0. The fraction of sp³-hybridized carbons (Fsp3) is 0.600. The smallest absolute Gasteiger partial charge is 0.340 e. The van der Waals surface area contributed by atoms with Gasteiger partial charge in [0.15, 0.2) is 11.6 Å². The number of hydrogen-bond acceptors (Lipinski definition) is 6. The van der Waals surface area contributed by atoms with Gasteiger partial charge < -0.3 is 19.1 Å². The molecular weight excluding hydrogens is 389 g/mol. The maximum absolute atomic E-state index is 14.4. The lowest BCUT2D eigenvalue weighted by Gasteiger charge is -2.32. The van der Waals surface area contributed by atoms with Crippen molar-refractivity contribution in [2.75, 3.05) is 18.6 Å². The summed E-state index contributed by atoms with van der Waals surface area (Å²) in [5, 5.41) is 0.0344. The van der Waals surface area contributed by atoms with E-state index in [0.29, 0.717) is 13.0 Å². The van der Waals surface area contributed by atoms with Crippen LogP contribution in [-0.2, 0) is 19.1 Å². The van der Waals surface area contributed by atoms with Crippen LogP contribution in [0.3, 0.4) is 0 Å². The largest absolute Gasteiger partial charge is 0.492 e. The van der Waals surface area contributed by atoms with Crippen LogP contribution in [0, 0.1) is 5.82 Å². The topological polar surface area (TPSA) is 65.1 Å². The number of ether oxygens (including phenoxy) is 3. The maximum atomic E-state index is 14.4. The van der Waals surface area contributed by atoms with E-state index < -0.39 is 36.0 Å². The molecule has 1 aromatic carbocycles. The Morgan fingerprint density at radius 2 is 1.64 bits per heavy atom. The Bertz CT molecular complexity index is 636. The normalized spacial score (nSPS) is 11.1. The average Bonchev–Trinajstić information content (AvgIpc) is 2.56. The van der Waals surface area contributed by atoms with E-state index >= 15 is 0 Å². The van der Waals surface area contributed by atoms with Crippen LogP contribution in [0.4, 0.5) is 10.1 Å². The Morgan fingerprint density at radius 3 is 2.04 bits per heavy atom. The third-order valence-corrected chi connectivity index (χ3v) is 4.01. The summed E-state index contributed by atoms with van der Waals surface area (Å²) >= 11 is 6.12. The molecule has 0 heterocycles. The SMILES string of the molecule is CCCCN(c1cc(F)c(OC)c(Cl)c1)C(C(=O)OC(C)C)C(=O)OC(C)C. The van der Waals surface area contributed by atoms with E-state index in [1.54, 1.807) is 27.7 Å². The molecule has 6 nitrogen and oxygen atoms in total. The molecule has 8 heteroatoms. The number of carbonyl (C=O) groups excluding carboxylic acids is 2. The van der Waals surface area contributed by atoms with Crippen LogP contribution in [0.1, 0.15) is 47.5 Å². The third-order valence-electron chi connectivity index (χ3n) is 3.73. The lowest BCUT2D eigenvalue weighted by atomic mass is 10.1. The molecule has 0 amide bonds. The van der Waals surface area contributed by atoms with Crippen molar-refractivity contribution >= 4 is 29.2 Å². The molecule has 0 saturated carbocycles. The van der Waals surface area contributed by atoms with Gasteiger partial charge in [-0.25, -0.2) is 14.0 Å². The predicted molar refractivity (Wildman–Crippen MR) is 106 cm³/mol. The van der Waals surface area contributed by atoms with E-state index in [9.17, 15) is 14.0 Å². The first-order chi connectivity index (χ1) is 13.1. The summed E-state index contributed by atoms with van der Waals surface area (Å²) in [7, 11) is 1.31. The number of halogens is 2. The zero-order valence-corrected chi connectivity index (χ0v) is 18.0. The fourth-order valence-corrected chi connectivity index (χ4v) is 2.87. The molecule has 0 bridgehead atoms. The molecule has 28 heavy (non-hydrogen) atoms. The van der Waals surface area contributed by atoms with Gasteiger partial charge in [-0.3, -0.25) is 0 Å². The predicted octanol–water partition coefficient (Wildman–Crippen LogP) is 4.37. The summed E-state index contributed by atoms with van der Waals surface area (Å²) < 4.78 is 29.9. The van der Waals surface area contributed by atoms with E-state index in [1.807, 2.05) is 6.92 Å². The Morgan fingerprint density at radius 1 is 1.11 bits per heavy atom. The Labute approximate surface area is 170 Å². The van der Waals surface area contributed by atoms with Crippen molar-refractivity contribution in [3.8, 4) is 5.75 Å². The Hall–Kier alpha value is -2.02. The minimum Gasteiger partial charge on any atom is -0.492 e. The highest BCUT2D eigenvalue weighted by atomic mass is 35.5. The summed E-state index contributed by atoms with van der Waals surface area (Å²) in [5.74, 6) is -2.32. The highest BCUT2D eigenvalue weighted by Gasteiger charge is 2.37. The first-order valence-electron chi connectivity index (χ1n) is 9.32. The number of rotatable bonds is 10. The van der Waals surface area contributed by atoms with Crippen LogP contribution in [0.2, 0.25) is 5.02 Å². The van der Waals surface area contributed by atoms with Gasteiger partial charge in [0.1, 0.15) is 0 Å². The molecule has 0 aliphatic carbocycles. The van der Waals surface area contributed by atoms with Gasteiger partial charge in [-0.2, -0.15) is 0 Å². The highest BCUT2D eigenvalue weighted by molar-refractivity contribution is 6.32. The number of esters is 2. The molecule has 0 aliphatic heterocycles. The average molecular weight is 418 g/mol. The molecule has 0 aromatic heterocycles. The van der Waals surface area contributed by atoms with Crippen LogP contribution in [0.25, 0.3) is 0 Å². The minimum atomic E-state index is -1.37. The van der Waals surface area contributed by atoms with Gasteiger partial charge in [-0.15, -0.1) is 0 Å². The zero-order chi connectivity index (χ0) is 21.4. The summed E-state index contributed by atoms with van der Waals surface area (Å²) in [6.07, 6.45) is 0.608. The van der Waals surface area contributed by atoms with E-state index in [4.69, 9.17) is 25.8 Å². The molecule has 158 valence electrons. The summed E-state index contributed by atoms with van der Waals surface area (Å²) in [6.45, 7) is 9.01. The van der Waals surface area contributed by atoms with Gasteiger partial charge in [0.05, 0.1) is 24.3 Å². The van der Waals surface area contributed by atoms with E-state index in [2.05, 4.69) is 0 Å². The monoisotopic (exact) mass is 417 g/mol. The van der Waals surface area contributed by atoms with Gasteiger partial charge in [0.2, 0.25) is 6.04 Å². The summed E-state index contributed by atoms with van der Waals surface area (Å²) in [6, 6.07) is 1.26. The van der Waals surface area contributed by atoms with E-state index in [0.717, 1.165) is 6.42 Å². The number of benzene rings is 1. The van der Waals surface area contributed by atoms with Gasteiger partial charge in [-0.1, -0.05) is 24.9 Å². The number of nitrogens with zero attached hydrogens (tertiary/aromatic N) is 1. The second-order valence-corrected chi connectivity index (χ2v) is 7.27. The Kier molecular flexibility index (Phi) is 9.52. The standard InChI is InChI=1S/C20H29ClFNO5/c1-7-8-9-23(14-10-15(21)18(26-6)16(22)11-14)17(19(24)27-12(2)3)20(25)28-13(4)5/h10-13,17H,7-9H2,1-6H3. The van der Waals surface area contributed by atoms with Gasteiger partial charge in [0.25, 0.3) is 0 Å². The van der Waals surface area contributed by atoms with E-state index in [1.165, 1.54) is 24.1 Å². The first-order valence-corrected chi connectivity index (χ1v) is 9.70. The molecular formula is C20H29ClFNO5. The fourth-order valence-electron chi connectivity index (χ4n) is 2.59. The van der Waals surface area contributed by atoms with Gasteiger partial charge in [-0.05, 0) is 40.2 Å². The molecule has 0 spiro atoms. The summed E-state index contributed by atoms with van der Waals surface area (Å²) in [5.41, 5.74) is 0.267. The zero-order valence-electron chi connectivity index (χ0n) is 17.3. The van der Waals surface area contributed by atoms with Crippen molar-refractivity contribution in [3.63, 3.8) is 0 Å². The molecule has 0 N–H and O–H groups in total. The quantitative estimate of drug-likeness (QED) is 0.416. The number of hydrogen-bond donors (Lipinski definition) is 0. The molecule has 0 unspecified atom stereocenters. The van der Waals surface area contributed by atoms with Crippen LogP contribution in [0.15, 0.2) is 12.1 Å². The number of unbranched alkanes of at least 4 members (excludes halogenated alkanes) is 1. The van der Waals surface area contributed by atoms with Crippen LogP contribution < -0.4 is 9.64 Å². The maximum Gasteiger partial charge on any atom is 0.340 e. The van der Waals surface area contributed by atoms with Crippen molar-refractivity contribution in [2.24, 2.45) is 0 Å². The second-order valence-electron chi connectivity index (χ2n) is 6.86. The van der Waals surface area contributed by atoms with Crippen LogP contribution in [0.5, 0.6) is 5.75 Å². The number of carbonyl (C=O) groups is 2. The van der Waals surface area contributed by atoms with Crippen molar-refractivity contribution in [1.29, 1.82) is 0 Å². The Balaban J connectivity index is 3.44. The molecule has 0 fully saturated rings. The van der Waals surface area contributed by atoms with Crippen LogP contribution in [-0.4, -0.2) is 43.8 Å². The minimum absolute atomic E-state index is 0.0344. The molecule has 0 radical (unpaired) electrons. The lowest BCUT2D eigenvalue weighted by molar-refractivity contribution is -0.161. The van der Waals surface area contributed by atoms with E-state index in [-0.39, 0.29) is 16.5 Å². The summed E-state index contributed by atoms with van der Waals surface area (Å²) in [4.78, 5) is 26.9. The number of anilines is 1. The molecule has 0 aliphatic rings. The van der Waals surface area contributed by atoms with Crippen molar-refractivity contribution in [1.82, 2.24) is 0 Å². The van der Waals surface area contributed by atoms with Gasteiger partial charge >= 0.3 is 11.9 Å². The van der Waals surface area contributed by atoms with Crippen molar-refractivity contribution < 1.29 is 28.2 Å². The molecule has 0 atom stereocenters. The van der Waals surface area contributed by atoms with Crippen molar-refractivity contribution in [2.45, 2.75) is 65.7 Å². The molecule has 0 saturated heterocycles. The molecule has 1 rings (SSSR count). The van der Waals surface area contributed by atoms with Crippen molar-refractivity contribution in [3.05, 3.63) is 23.0 Å². The number of methoxy groups -OCH3 is 1. The third kappa shape index (κ3) is 6.55. The lowest BCUT2D eigenvalue weighted by Crippen LogP contribution is -2.50.